The highest BCUT2D eigenvalue weighted by atomic mass is 19.4. The van der Waals surface area contributed by atoms with Gasteiger partial charge in [0.1, 0.15) is 12.4 Å². The highest BCUT2D eigenvalue weighted by Crippen LogP contribution is 2.32. The summed E-state index contributed by atoms with van der Waals surface area (Å²) in [6.45, 7) is 1.22. The van der Waals surface area contributed by atoms with E-state index in [-0.39, 0.29) is 18.2 Å². The molecule has 8 heteroatoms. The van der Waals surface area contributed by atoms with E-state index in [0.717, 1.165) is 31.3 Å². The van der Waals surface area contributed by atoms with Gasteiger partial charge >= 0.3 is 6.18 Å². The van der Waals surface area contributed by atoms with Gasteiger partial charge in [-0.05, 0) is 24.5 Å². The standard InChI is InChI=1S/C16H19F3N4O/c1-24-10-14-21-15-13(7-4-8-23(15)22-14)20-9-11-5-2-3-6-12(11)16(17,18)19/h2-3,5-6,13,20H,4,7-10H2,1H3. The van der Waals surface area contributed by atoms with Crippen molar-refractivity contribution in [2.45, 2.75) is 44.8 Å². The fourth-order valence-electron chi connectivity index (χ4n) is 2.97. The van der Waals surface area contributed by atoms with E-state index < -0.39 is 11.7 Å². The normalized spacial score (nSPS) is 17.8. The number of rotatable bonds is 5. The Bertz CT molecular complexity index is 699. The van der Waals surface area contributed by atoms with Crippen LogP contribution in [0.5, 0.6) is 0 Å². The van der Waals surface area contributed by atoms with Crippen LogP contribution in [0.15, 0.2) is 24.3 Å². The molecule has 5 nitrogen and oxygen atoms in total. The summed E-state index contributed by atoms with van der Waals surface area (Å²) in [5.74, 6) is 1.36. The molecule has 1 aliphatic heterocycles. The fraction of sp³-hybridized carbons (Fsp3) is 0.500. The number of benzene rings is 1. The third kappa shape index (κ3) is 3.59. The second-order valence-corrected chi connectivity index (χ2v) is 5.77. The molecule has 24 heavy (non-hydrogen) atoms. The number of aromatic nitrogens is 3. The van der Waals surface area contributed by atoms with Crippen molar-refractivity contribution in [3.05, 3.63) is 47.0 Å². The molecule has 0 fully saturated rings. The van der Waals surface area contributed by atoms with Crippen LogP contribution in [-0.4, -0.2) is 21.9 Å². The summed E-state index contributed by atoms with van der Waals surface area (Å²) in [4.78, 5) is 4.45. The minimum atomic E-state index is -4.35. The van der Waals surface area contributed by atoms with Crippen LogP contribution in [0.4, 0.5) is 13.2 Å². The molecule has 1 aromatic carbocycles. The smallest absolute Gasteiger partial charge is 0.377 e. The molecular formula is C16H19F3N4O. The van der Waals surface area contributed by atoms with E-state index >= 15 is 0 Å². The van der Waals surface area contributed by atoms with Crippen molar-refractivity contribution < 1.29 is 17.9 Å². The molecular weight excluding hydrogens is 321 g/mol. The van der Waals surface area contributed by atoms with Crippen molar-refractivity contribution in [1.29, 1.82) is 0 Å². The monoisotopic (exact) mass is 340 g/mol. The van der Waals surface area contributed by atoms with E-state index in [1.807, 2.05) is 4.68 Å². The van der Waals surface area contributed by atoms with Crippen molar-refractivity contribution in [3.8, 4) is 0 Å². The molecule has 1 unspecified atom stereocenters. The van der Waals surface area contributed by atoms with Gasteiger partial charge in [0.15, 0.2) is 5.82 Å². The molecule has 0 saturated heterocycles. The van der Waals surface area contributed by atoms with Crippen LogP contribution in [0.1, 0.15) is 41.7 Å². The highest BCUT2D eigenvalue weighted by molar-refractivity contribution is 5.29. The van der Waals surface area contributed by atoms with Crippen molar-refractivity contribution in [2.24, 2.45) is 0 Å². The predicted octanol–water partition coefficient (Wildman–Crippen LogP) is 3.07. The van der Waals surface area contributed by atoms with Crippen molar-refractivity contribution in [1.82, 2.24) is 20.1 Å². The molecule has 0 spiro atoms. The topological polar surface area (TPSA) is 52.0 Å². The number of halogens is 3. The zero-order valence-electron chi connectivity index (χ0n) is 13.3. The number of alkyl halides is 3. The van der Waals surface area contributed by atoms with E-state index in [4.69, 9.17) is 4.74 Å². The van der Waals surface area contributed by atoms with Gasteiger partial charge in [-0.2, -0.15) is 18.3 Å². The largest absolute Gasteiger partial charge is 0.416 e. The summed E-state index contributed by atoms with van der Waals surface area (Å²) >= 11 is 0. The molecule has 0 saturated carbocycles. The number of nitrogens with one attached hydrogen (secondary N) is 1. The van der Waals surface area contributed by atoms with Gasteiger partial charge in [0.2, 0.25) is 0 Å². The minimum absolute atomic E-state index is 0.113. The van der Waals surface area contributed by atoms with Crippen LogP contribution < -0.4 is 5.32 Å². The zero-order valence-corrected chi connectivity index (χ0v) is 13.3. The summed E-state index contributed by atoms with van der Waals surface area (Å²) in [5, 5.41) is 7.56. The van der Waals surface area contributed by atoms with Gasteiger partial charge in [-0.15, -0.1) is 0 Å². The summed E-state index contributed by atoms with van der Waals surface area (Å²) in [6.07, 6.45) is -2.63. The van der Waals surface area contributed by atoms with E-state index in [0.29, 0.717) is 12.4 Å². The number of fused-ring (bicyclic) bond motifs is 1. The summed E-state index contributed by atoms with van der Waals surface area (Å²) in [7, 11) is 1.57. The Balaban J connectivity index is 1.75. The van der Waals surface area contributed by atoms with Gasteiger partial charge in [0.25, 0.3) is 0 Å². The third-order valence-corrected chi connectivity index (χ3v) is 4.05. The lowest BCUT2D eigenvalue weighted by Gasteiger charge is -2.24. The van der Waals surface area contributed by atoms with Crippen molar-refractivity contribution in [3.63, 3.8) is 0 Å². The Morgan fingerprint density at radius 1 is 1.33 bits per heavy atom. The van der Waals surface area contributed by atoms with Crippen LogP contribution in [0.3, 0.4) is 0 Å². The van der Waals surface area contributed by atoms with Gasteiger partial charge in [0, 0.05) is 20.2 Å². The van der Waals surface area contributed by atoms with Crippen LogP contribution in [0, 0.1) is 0 Å². The maximum Gasteiger partial charge on any atom is 0.416 e. The predicted molar refractivity (Wildman–Crippen MR) is 81.0 cm³/mol. The average molecular weight is 340 g/mol. The maximum atomic E-state index is 13.1. The Morgan fingerprint density at radius 3 is 2.88 bits per heavy atom. The molecule has 2 heterocycles. The van der Waals surface area contributed by atoms with Gasteiger partial charge in [0.05, 0.1) is 11.6 Å². The molecule has 0 amide bonds. The number of nitrogens with zero attached hydrogens (tertiary/aromatic N) is 3. The third-order valence-electron chi connectivity index (χ3n) is 4.05. The first-order valence-corrected chi connectivity index (χ1v) is 7.80. The Kier molecular flexibility index (Phi) is 4.86. The first-order chi connectivity index (χ1) is 11.5. The molecule has 1 aliphatic rings. The molecule has 130 valence electrons. The van der Waals surface area contributed by atoms with Crippen molar-refractivity contribution >= 4 is 0 Å². The van der Waals surface area contributed by atoms with Gasteiger partial charge in [-0.25, -0.2) is 9.67 Å². The second kappa shape index (κ2) is 6.90. The van der Waals surface area contributed by atoms with Gasteiger partial charge in [-0.1, -0.05) is 18.2 Å². The van der Waals surface area contributed by atoms with Crippen LogP contribution >= 0.6 is 0 Å². The summed E-state index contributed by atoms with van der Waals surface area (Å²) in [6, 6.07) is 5.52. The number of hydrogen-bond donors (Lipinski definition) is 1. The quantitative estimate of drug-likeness (QED) is 0.909. The van der Waals surface area contributed by atoms with E-state index in [2.05, 4.69) is 15.4 Å². The van der Waals surface area contributed by atoms with Crippen LogP contribution in [0.25, 0.3) is 0 Å². The maximum absolute atomic E-state index is 13.1. The Morgan fingerprint density at radius 2 is 2.12 bits per heavy atom. The Labute approximate surface area is 137 Å². The first kappa shape index (κ1) is 16.9. The number of ether oxygens (including phenoxy) is 1. The fourth-order valence-corrected chi connectivity index (χ4v) is 2.97. The lowest BCUT2D eigenvalue weighted by molar-refractivity contribution is -0.138. The second-order valence-electron chi connectivity index (χ2n) is 5.77. The van der Waals surface area contributed by atoms with Gasteiger partial charge in [-0.3, -0.25) is 0 Å². The number of aryl methyl sites for hydroxylation is 1. The summed E-state index contributed by atoms with van der Waals surface area (Å²) in [5.41, 5.74) is -0.367. The molecule has 0 bridgehead atoms. The molecule has 3 rings (SSSR count). The minimum Gasteiger partial charge on any atom is -0.377 e. The Hall–Kier alpha value is -1.93. The molecule has 2 aromatic rings. The number of hydrogen-bond acceptors (Lipinski definition) is 4. The molecule has 0 radical (unpaired) electrons. The zero-order chi connectivity index (χ0) is 17.2. The summed E-state index contributed by atoms with van der Waals surface area (Å²) < 4.78 is 46.1. The van der Waals surface area contributed by atoms with E-state index in [9.17, 15) is 13.2 Å². The first-order valence-electron chi connectivity index (χ1n) is 7.80. The molecule has 1 N–H and O–H groups in total. The molecule has 1 atom stereocenters. The highest BCUT2D eigenvalue weighted by Gasteiger charge is 2.33. The van der Waals surface area contributed by atoms with Gasteiger partial charge < -0.3 is 10.1 Å². The number of methoxy groups -OCH3 is 1. The lowest BCUT2D eigenvalue weighted by Crippen LogP contribution is -2.29. The van der Waals surface area contributed by atoms with Crippen LogP contribution in [-0.2, 0) is 30.6 Å². The SMILES string of the molecule is COCc1nc2n(n1)CCCC2NCc1ccccc1C(F)(F)F. The molecule has 0 aliphatic carbocycles. The van der Waals surface area contributed by atoms with Crippen molar-refractivity contribution in [2.75, 3.05) is 7.11 Å². The van der Waals surface area contributed by atoms with E-state index in [1.54, 1.807) is 13.2 Å². The van der Waals surface area contributed by atoms with Crippen LogP contribution in [0.2, 0.25) is 0 Å². The van der Waals surface area contributed by atoms with E-state index in [1.165, 1.54) is 12.1 Å². The average Bonchev–Trinajstić information content (AvgIpc) is 2.96. The lowest BCUT2D eigenvalue weighted by atomic mass is 10.0. The molecule has 1 aromatic heterocycles.